The third-order valence-corrected chi connectivity index (χ3v) is 31.3. The summed E-state index contributed by atoms with van der Waals surface area (Å²) in [5.41, 5.74) is -0.119. The minimum absolute atomic E-state index is 0.0692. The number of likely N-dealkylation sites (tertiary alicyclic amines) is 3. The van der Waals surface area contributed by atoms with E-state index in [1.165, 1.54) is 30.2 Å². The van der Waals surface area contributed by atoms with Gasteiger partial charge in [0.05, 0.1) is 56.1 Å². The number of carbonyl (C=O) groups is 15. The highest BCUT2D eigenvalue weighted by atomic mass is 19.4. The third kappa shape index (κ3) is 28.4. The minimum atomic E-state index is -4.63. The first-order valence-corrected chi connectivity index (χ1v) is 50.0. The van der Waals surface area contributed by atoms with Crippen molar-refractivity contribution in [3.63, 3.8) is 0 Å². The number of nitrogens with zero attached hydrogens (tertiary/aromatic N) is 3. The number of halogens is 3. The molecule has 15 amide bonds. The predicted molar refractivity (Wildman–Crippen MR) is 521 cm³/mol. The predicted octanol–water partition coefficient (Wildman–Crippen LogP) is 9.57. The SMILES string of the molecule is C=CCNC(=O)C(=O)C(CCC(F)(F)F)NC(=O)[C@@H]1C2C(CN1C(=O)[C@@H](NC(=O)N[C@H](COC)C(C)(C)C)C1(C)CCCC1)C2(C)C.C=CCNC(=O)C(=O)C(CCC)NC(=O)[C@@H]1C2C(CN1C(=O)[C@@H](NC(=O)N[C@H](COC)C(C)(C)C)C1Cc3ccccc3C1)C2(C)C.C=CCNC(=O)C(=O)C(CCCC)NC(=O)[C@@H]1C2C(CN1C(=O)[C@@H](NC(=O)N[C@H](COC)C(C)C)C1(C)CCCCC1)C2(C)C. The van der Waals surface area contributed by atoms with Crippen molar-refractivity contribution in [2.24, 2.45) is 85.2 Å². The van der Waals surface area contributed by atoms with E-state index < -0.39 is 161 Å². The monoisotopic (exact) mass is 1950 g/mol. The van der Waals surface area contributed by atoms with Crippen LogP contribution in [0.3, 0.4) is 0 Å². The Hall–Kier alpha value is -9.84. The van der Waals surface area contributed by atoms with Gasteiger partial charge < -0.3 is 92.7 Å². The van der Waals surface area contributed by atoms with Crippen LogP contribution in [0.2, 0.25) is 0 Å². The van der Waals surface area contributed by atoms with E-state index >= 15 is 0 Å². The maximum absolute atomic E-state index is 14.6. The Balaban J connectivity index is 0.000000256. The van der Waals surface area contributed by atoms with E-state index in [0.29, 0.717) is 71.2 Å². The van der Waals surface area contributed by atoms with Crippen molar-refractivity contribution in [3.05, 3.63) is 73.4 Å². The number of fused-ring (bicyclic) bond motifs is 4. The molecule has 6 aliphatic carbocycles. The van der Waals surface area contributed by atoms with E-state index in [0.717, 1.165) is 62.5 Å². The highest BCUT2D eigenvalue weighted by Gasteiger charge is 2.73. The molecule has 10 rings (SSSR count). The maximum atomic E-state index is 14.6. The van der Waals surface area contributed by atoms with Gasteiger partial charge >= 0.3 is 24.3 Å². The Kier molecular flexibility index (Phi) is 39.8. The van der Waals surface area contributed by atoms with Gasteiger partial charge in [-0.15, -0.1) is 19.7 Å². The van der Waals surface area contributed by atoms with E-state index in [9.17, 15) is 85.1 Å². The number of rotatable bonds is 44. The number of alkyl halides is 3. The zero-order valence-electron chi connectivity index (χ0n) is 86.1. The van der Waals surface area contributed by atoms with Crippen LogP contribution < -0.4 is 63.8 Å². The Morgan fingerprint density at radius 3 is 1.12 bits per heavy atom. The van der Waals surface area contributed by atoms with Crippen LogP contribution >= 0.6 is 0 Å². The zero-order valence-corrected chi connectivity index (χ0v) is 86.1. The summed E-state index contributed by atoms with van der Waals surface area (Å²) < 4.78 is 55.5. The molecule has 139 heavy (non-hydrogen) atoms. The summed E-state index contributed by atoms with van der Waals surface area (Å²) in [6, 6.07) is -3.55. The van der Waals surface area contributed by atoms with Gasteiger partial charge in [0.15, 0.2) is 0 Å². The first-order valence-electron chi connectivity index (χ1n) is 50.0. The lowest BCUT2D eigenvalue weighted by molar-refractivity contribution is -0.148. The molecule has 1 aromatic rings. The standard InChI is InChI=1S/C36H53N5O6.C34H57N5O6.C33H52F3N5O6/c1-9-13-25(30(42)32(44)37-16-10-2)38-31(43)29-27-24(36(27,6)7)19-41(29)33(45)28(23-17-21-14-11-12-15-22(21)18-23)40-34(46)39-26(20-47-8)35(3,4)5;1-9-11-15-23(27(40)30(42)35-18-10-2)36-29(41)26-25-22(33(25,5)6)19-39(26)31(43)28(34(7)16-13-12-14-17-34)38-32(44)37-24(20-45-8)21(3)4;1-9-16-37-27(44)24(42)20(12-15-33(34,35)36)38-26(43)23-22-19(31(22,5)6)17-41(23)28(45)25(32(7)13-10-11-14-32)40-29(46)39-21(18-47-8)30(2,3)4/h10-12,14-15,23-29H,2,9,13,16-20H2,1,3-8H3,(H,37,44)(H,38,43)(H2,39,40,46);10,21-26,28H,2,9,11-20H2,1,3-8H3,(H,35,42)(H,36,41)(H2,37,38,44);9,19-23,25H,1,10-18H2,2-8H3,(H,37,44)(H,38,43)(H2,39,40,46)/t24?,25?,26-,27?,28+,29+;22?,23?,24-,25?,26+,28-;19?,20?,21-,22?,23+,25-/m111/s1. The Morgan fingerprint density at radius 2 is 0.784 bits per heavy atom. The van der Waals surface area contributed by atoms with E-state index in [1.54, 1.807) is 24.0 Å². The second-order valence-electron chi connectivity index (χ2n) is 44.8. The molecular weight excluding hydrogens is 1790 g/mol. The van der Waals surface area contributed by atoms with Gasteiger partial charge in [-0.2, -0.15) is 13.2 Å². The highest BCUT2D eigenvalue weighted by Crippen LogP contribution is 2.67. The molecule has 3 saturated heterocycles. The number of unbranched alkanes of at least 4 members (excludes halogenated alkanes) is 1. The van der Waals surface area contributed by atoms with Gasteiger partial charge in [-0.05, 0) is 154 Å². The van der Waals surface area contributed by atoms with Gasteiger partial charge in [0.1, 0.15) is 36.3 Å². The molecule has 9 unspecified atom stereocenters. The van der Waals surface area contributed by atoms with Crippen molar-refractivity contribution >= 4 is 88.6 Å². The van der Waals surface area contributed by atoms with Crippen molar-refractivity contribution in [2.45, 2.75) is 319 Å². The molecule has 33 nitrogen and oxygen atoms in total. The molecule has 9 aliphatic rings. The summed E-state index contributed by atoms with van der Waals surface area (Å²) in [6.45, 7) is 48.6. The van der Waals surface area contributed by atoms with Gasteiger partial charge in [-0.3, -0.25) is 57.5 Å². The lowest BCUT2D eigenvalue weighted by Gasteiger charge is -2.43. The zero-order chi connectivity index (χ0) is 104. The van der Waals surface area contributed by atoms with Crippen molar-refractivity contribution in [1.82, 2.24) is 78.5 Å². The first-order chi connectivity index (χ1) is 65.0. The fraction of sp³-hybridized carbons (Fsp3) is 0.738. The molecular formula is C103H162F3N15O18. The smallest absolute Gasteiger partial charge is 0.383 e. The number of ketones is 3. The van der Waals surface area contributed by atoms with Gasteiger partial charge in [0, 0.05) is 67.0 Å². The number of urea groups is 3. The summed E-state index contributed by atoms with van der Waals surface area (Å²) in [5.74, 6) is -8.54. The summed E-state index contributed by atoms with van der Waals surface area (Å²) >= 11 is 0. The summed E-state index contributed by atoms with van der Waals surface area (Å²) in [5, 5.41) is 33.3. The lowest BCUT2D eigenvalue weighted by Crippen LogP contribution is -2.63. The number of benzene rings is 1. The quantitative estimate of drug-likeness (QED) is 0.0213. The summed E-state index contributed by atoms with van der Waals surface area (Å²) in [4.78, 5) is 207. The van der Waals surface area contributed by atoms with Crippen molar-refractivity contribution in [3.8, 4) is 0 Å². The number of hydrogen-bond donors (Lipinski definition) is 12. The number of ether oxygens (including phenoxy) is 3. The molecule has 18 atom stereocenters. The first kappa shape index (κ1) is 114. The summed E-state index contributed by atoms with van der Waals surface area (Å²) in [6.07, 6.45) is 8.84. The summed E-state index contributed by atoms with van der Waals surface area (Å²) in [7, 11) is 4.70. The van der Waals surface area contributed by atoms with Crippen LogP contribution in [-0.2, 0) is 84.6 Å². The highest BCUT2D eigenvalue weighted by molar-refractivity contribution is 6.39. The number of nitrogens with one attached hydrogen (secondary N) is 12. The van der Waals surface area contributed by atoms with Crippen LogP contribution in [0.5, 0.6) is 0 Å². The topological polar surface area (TPSA) is 438 Å². The average Bonchev–Trinajstić information content (AvgIpc) is 1.53. The third-order valence-electron chi connectivity index (χ3n) is 31.3. The van der Waals surface area contributed by atoms with Crippen LogP contribution in [-0.4, -0.2) is 262 Å². The van der Waals surface area contributed by atoms with E-state index in [-0.39, 0.29) is 144 Å². The van der Waals surface area contributed by atoms with Crippen molar-refractivity contribution in [2.75, 3.05) is 80.4 Å². The van der Waals surface area contributed by atoms with Crippen LogP contribution in [0, 0.1) is 85.2 Å². The average molecular weight is 1960 g/mol. The molecule has 0 aromatic heterocycles. The number of methoxy groups -OCH3 is 3. The molecule has 12 N–H and O–H groups in total. The van der Waals surface area contributed by atoms with E-state index in [4.69, 9.17) is 14.2 Å². The molecule has 3 heterocycles. The van der Waals surface area contributed by atoms with Gasteiger partial charge in [0.25, 0.3) is 17.7 Å². The minimum Gasteiger partial charge on any atom is -0.383 e. The van der Waals surface area contributed by atoms with Gasteiger partial charge in [-0.25, -0.2) is 14.4 Å². The fourth-order valence-electron chi connectivity index (χ4n) is 22.1. The second-order valence-corrected chi connectivity index (χ2v) is 44.8. The maximum Gasteiger partial charge on any atom is 0.389 e. The number of hydrogen-bond acceptors (Lipinski definition) is 18. The number of carbonyl (C=O) groups excluding carboxylic acids is 15. The normalized spacial score (nSPS) is 24.2. The van der Waals surface area contributed by atoms with E-state index in [2.05, 4.69) is 118 Å². The second kappa shape index (κ2) is 48.3. The number of Topliss-reactive ketones (excluding diaryl/α,β-unsaturated/α-hetero) is 3. The Morgan fingerprint density at radius 1 is 0.446 bits per heavy atom. The lowest BCUT2D eigenvalue weighted by atomic mass is 9.70. The van der Waals surface area contributed by atoms with E-state index in [1.807, 2.05) is 114 Å². The molecule has 8 fully saturated rings. The Labute approximate surface area is 820 Å². The molecule has 36 heteroatoms. The molecule has 0 radical (unpaired) electrons. The van der Waals surface area contributed by atoms with Gasteiger partial charge in [0.2, 0.25) is 52.8 Å². The molecule has 1 aromatic carbocycles. The molecule has 778 valence electrons. The molecule has 0 spiro atoms. The fourth-order valence-corrected chi connectivity index (χ4v) is 22.1. The van der Waals surface area contributed by atoms with Crippen LogP contribution in [0.1, 0.15) is 238 Å². The van der Waals surface area contributed by atoms with Crippen molar-refractivity contribution in [1.29, 1.82) is 0 Å². The molecule has 3 aliphatic heterocycles. The van der Waals surface area contributed by atoms with Crippen molar-refractivity contribution < 1.29 is 99.3 Å². The van der Waals surface area contributed by atoms with Crippen LogP contribution in [0.15, 0.2) is 62.2 Å². The number of amides is 15. The Bertz CT molecular complexity index is 4540. The van der Waals surface area contributed by atoms with Gasteiger partial charge in [-0.1, -0.05) is 218 Å². The largest absolute Gasteiger partial charge is 0.389 e. The molecule has 0 bridgehead atoms. The number of piperidine rings is 3. The molecule has 5 saturated carbocycles. The van der Waals surface area contributed by atoms with Crippen LogP contribution in [0.25, 0.3) is 0 Å². The van der Waals surface area contributed by atoms with Crippen LogP contribution in [0.4, 0.5) is 27.6 Å².